The van der Waals surface area contributed by atoms with E-state index < -0.39 is 6.09 Å². The number of rotatable bonds is 7. The number of anilines is 1. The molecule has 1 aromatic heterocycles. The van der Waals surface area contributed by atoms with Crippen LogP contribution in [0.15, 0.2) is 6.20 Å². The van der Waals surface area contributed by atoms with Crippen LogP contribution in [0.2, 0.25) is 0 Å². The van der Waals surface area contributed by atoms with Crippen molar-refractivity contribution in [3.05, 3.63) is 6.20 Å². The van der Waals surface area contributed by atoms with Gasteiger partial charge in [0.1, 0.15) is 18.8 Å². The third-order valence-electron chi connectivity index (χ3n) is 2.74. The quantitative estimate of drug-likeness (QED) is 0.789. The molecule has 0 aromatic carbocycles. The Labute approximate surface area is 127 Å². The van der Waals surface area contributed by atoms with Gasteiger partial charge in [0, 0.05) is 0 Å². The Bertz CT molecular complexity index is 551. The Morgan fingerprint density at radius 1 is 1.41 bits per heavy atom. The van der Waals surface area contributed by atoms with E-state index in [0.717, 1.165) is 0 Å². The molecule has 2 heterocycles. The highest BCUT2D eigenvalue weighted by Crippen LogP contribution is 2.23. The van der Waals surface area contributed by atoms with Crippen LogP contribution in [0.5, 0.6) is 11.9 Å². The van der Waals surface area contributed by atoms with E-state index in [9.17, 15) is 9.59 Å². The highest BCUT2D eigenvalue weighted by molar-refractivity contribution is 5.94. The average Bonchev–Trinajstić information content (AvgIpc) is 2.87. The minimum atomic E-state index is -0.497. The monoisotopic (exact) mass is 310 g/mol. The van der Waals surface area contributed by atoms with Crippen molar-refractivity contribution in [1.82, 2.24) is 14.9 Å². The number of cyclic esters (lactones) is 1. The average molecular weight is 310 g/mol. The number of aromatic nitrogens is 2. The number of nitrogens with zero attached hydrogens (tertiary/aromatic N) is 3. The first-order chi connectivity index (χ1) is 10.6. The van der Waals surface area contributed by atoms with E-state index >= 15 is 0 Å². The zero-order chi connectivity index (χ0) is 15.9. The van der Waals surface area contributed by atoms with E-state index in [1.54, 1.807) is 6.92 Å². The van der Waals surface area contributed by atoms with Crippen molar-refractivity contribution in [2.75, 3.05) is 38.2 Å². The molecule has 0 saturated carbocycles. The molecular formula is C13H18N4O5. The lowest BCUT2D eigenvalue weighted by atomic mass is 10.4. The molecule has 0 atom stereocenters. The van der Waals surface area contributed by atoms with Crippen molar-refractivity contribution in [3.8, 4) is 11.9 Å². The summed E-state index contributed by atoms with van der Waals surface area (Å²) in [5, 5.41) is 2.62. The van der Waals surface area contributed by atoms with E-state index in [2.05, 4.69) is 15.3 Å². The Hall–Kier alpha value is -2.58. The Balaban J connectivity index is 2.03. The number of hydrogen-bond acceptors (Lipinski definition) is 7. The molecule has 120 valence electrons. The lowest BCUT2D eigenvalue weighted by Crippen LogP contribution is -2.33. The third kappa shape index (κ3) is 3.96. The van der Waals surface area contributed by atoms with E-state index in [4.69, 9.17) is 14.2 Å². The first-order valence-electron chi connectivity index (χ1n) is 6.98. The van der Waals surface area contributed by atoms with Gasteiger partial charge in [-0.05, 0) is 13.8 Å². The lowest BCUT2D eigenvalue weighted by molar-refractivity contribution is -0.116. The Kier molecular flexibility index (Phi) is 5.34. The van der Waals surface area contributed by atoms with Crippen molar-refractivity contribution in [2.24, 2.45) is 0 Å². The van der Waals surface area contributed by atoms with Crippen molar-refractivity contribution in [1.29, 1.82) is 0 Å². The molecule has 9 heteroatoms. The van der Waals surface area contributed by atoms with Crippen LogP contribution in [-0.4, -0.2) is 59.8 Å². The van der Waals surface area contributed by atoms with Crippen LogP contribution in [0.4, 0.5) is 10.5 Å². The van der Waals surface area contributed by atoms with Gasteiger partial charge in [-0.2, -0.15) is 4.98 Å². The third-order valence-corrected chi connectivity index (χ3v) is 2.74. The molecule has 0 bridgehead atoms. The molecule has 2 amide bonds. The van der Waals surface area contributed by atoms with Crippen LogP contribution in [0.25, 0.3) is 0 Å². The van der Waals surface area contributed by atoms with Gasteiger partial charge in [0.05, 0.1) is 26.0 Å². The van der Waals surface area contributed by atoms with Gasteiger partial charge >= 0.3 is 12.1 Å². The highest BCUT2D eigenvalue weighted by atomic mass is 16.6. The fourth-order valence-corrected chi connectivity index (χ4v) is 1.81. The summed E-state index contributed by atoms with van der Waals surface area (Å²) in [4.78, 5) is 32.6. The number of ether oxygens (including phenoxy) is 3. The second-order valence-corrected chi connectivity index (χ2v) is 4.32. The normalized spacial score (nSPS) is 13.7. The van der Waals surface area contributed by atoms with Crippen LogP contribution in [0, 0.1) is 0 Å². The van der Waals surface area contributed by atoms with Crippen molar-refractivity contribution >= 4 is 17.7 Å². The zero-order valence-corrected chi connectivity index (χ0v) is 12.5. The molecule has 0 unspecified atom stereocenters. The summed E-state index contributed by atoms with van der Waals surface area (Å²) in [6.45, 7) is 5.01. The summed E-state index contributed by atoms with van der Waals surface area (Å²) in [5.41, 5.74) is 0.322. The second kappa shape index (κ2) is 7.43. The van der Waals surface area contributed by atoms with Gasteiger partial charge in [-0.3, -0.25) is 9.69 Å². The molecule has 0 aliphatic carbocycles. The van der Waals surface area contributed by atoms with Gasteiger partial charge in [-0.15, -0.1) is 0 Å². The van der Waals surface area contributed by atoms with Crippen LogP contribution in [-0.2, 0) is 9.53 Å². The maximum atomic E-state index is 12.0. The summed E-state index contributed by atoms with van der Waals surface area (Å²) < 4.78 is 15.3. The summed E-state index contributed by atoms with van der Waals surface area (Å²) in [6.07, 6.45) is 0.909. The lowest BCUT2D eigenvalue weighted by Gasteiger charge is -2.14. The molecular weight excluding hydrogens is 292 g/mol. The van der Waals surface area contributed by atoms with Gasteiger partial charge in [0.2, 0.25) is 11.8 Å². The molecule has 1 N–H and O–H groups in total. The van der Waals surface area contributed by atoms with Crippen molar-refractivity contribution < 1.29 is 23.8 Å². The number of hydrogen-bond donors (Lipinski definition) is 1. The molecule has 2 rings (SSSR count). The molecule has 1 aliphatic rings. The van der Waals surface area contributed by atoms with Gasteiger partial charge in [0.25, 0.3) is 0 Å². The topological polar surface area (TPSA) is 103 Å². The maximum absolute atomic E-state index is 12.0. The summed E-state index contributed by atoms with van der Waals surface area (Å²) >= 11 is 0. The highest BCUT2D eigenvalue weighted by Gasteiger charge is 2.24. The van der Waals surface area contributed by atoms with Crippen molar-refractivity contribution in [2.45, 2.75) is 13.8 Å². The first-order valence-corrected chi connectivity index (χ1v) is 6.98. The summed E-state index contributed by atoms with van der Waals surface area (Å²) in [7, 11) is 0. The molecule has 22 heavy (non-hydrogen) atoms. The number of nitrogens with one attached hydrogen (secondary N) is 1. The smallest absolute Gasteiger partial charge is 0.410 e. The Morgan fingerprint density at radius 2 is 2.18 bits per heavy atom. The van der Waals surface area contributed by atoms with E-state index in [-0.39, 0.29) is 24.3 Å². The number of carbonyl (C=O) groups is 2. The van der Waals surface area contributed by atoms with Crippen LogP contribution < -0.4 is 14.8 Å². The van der Waals surface area contributed by atoms with Crippen LogP contribution >= 0.6 is 0 Å². The predicted molar refractivity (Wildman–Crippen MR) is 75.9 cm³/mol. The Morgan fingerprint density at radius 3 is 2.82 bits per heavy atom. The van der Waals surface area contributed by atoms with Crippen LogP contribution in [0.1, 0.15) is 13.8 Å². The van der Waals surface area contributed by atoms with Crippen molar-refractivity contribution in [3.63, 3.8) is 0 Å². The standard InChI is InChI=1S/C13H18N4O5/c1-3-20-11-9(7-14-12(16-11)21-4-2)15-10(18)8-17-5-6-22-13(17)19/h7H,3-6,8H2,1-2H3,(H,15,18). The fourth-order valence-electron chi connectivity index (χ4n) is 1.81. The molecule has 0 spiro atoms. The van der Waals surface area contributed by atoms with Gasteiger partial charge in [-0.1, -0.05) is 0 Å². The van der Waals surface area contributed by atoms with Gasteiger partial charge in [0.15, 0.2) is 0 Å². The fraction of sp³-hybridized carbons (Fsp3) is 0.538. The maximum Gasteiger partial charge on any atom is 0.410 e. The van der Waals surface area contributed by atoms with Gasteiger partial charge in [-0.25, -0.2) is 9.78 Å². The molecule has 1 fully saturated rings. The molecule has 1 saturated heterocycles. The molecule has 1 aliphatic heterocycles. The SMILES string of the molecule is CCOc1ncc(NC(=O)CN2CCOC2=O)c(OCC)n1. The number of amides is 2. The minimum Gasteiger partial charge on any atom is -0.476 e. The molecule has 0 radical (unpaired) electrons. The summed E-state index contributed by atoms with van der Waals surface area (Å²) in [6, 6.07) is 0.173. The van der Waals surface area contributed by atoms with Crippen LogP contribution in [0.3, 0.4) is 0 Å². The number of carbonyl (C=O) groups excluding carboxylic acids is 2. The zero-order valence-electron chi connectivity index (χ0n) is 12.5. The summed E-state index contributed by atoms with van der Waals surface area (Å²) in [5.74, 6) is -0.161. The largest absolute Gasteiger partial charge is 0.476 e. The molecule has 1 aromatic rings. The van der Waals surface area contributed by atoms with E-state index in [0.29, 0.717) is 32.1 Å². The first kappa shape index (κ1) is 15.8. The molecule has 9 nitrogen and oxygen atoms in total. The van der Waals surface area contributed by atoms with Gasteiger partial charge < -0.3 is 19.5 Å². The predicted octanol–water partition coefficient (Wildman–Crippen LogP) is 0.665. The second-order valence-electron chi connectivity index (χ2n) is 4.32. The minimum absolute atomic E-state index is 0.0996. The van der Waals surface area contributed by atoms with E-state index in [1.165, 1.54) is 11.1 Å². The van der Waals surface area contributed by atoms with E-state index in [1.807, 2.05) is 6.92 Å².